The monoisotopic (exact) mass is 187 g/mol. The Morgan fingerprint density at radius 1 is 1.46 bits per heavy atom. The zero-order valence-electron chi connectivity index (χ0n) is 8.89. The summed E-state index contributed by atoms with van der Waals surface area (Å²) in [4.78, 5) is 11.1. The predicted octanol–water partition coefficient (Wildman–Crippen LogP) is 1.90. The van der Waals surface area contributed by atoms with Gasteiger partial charge in [0.25, 0.3) is 0 Å². The fraction of sp³-hybridized carbons (Fsp3) is 0.889. The van der Waals surface area contributed by atoms with Gasteiger partial charge in [-0.1, -0.05) is 6.42 Å². The van der Waals surface area contributed by atoms with Gasteiger partial charge >= 0.3 is 6.09 Å². The molecular weight excluding hydrogens is 168 g/mol. The molecule has 0 fully saturated rings. The number of rotatable bonds is 4. The van der Waals surface area contributed by atoms with E-state index in [0.29, 0.717) is 6.54 Å². The minimum absolute atomic E-state index is 0.358. The standard InChI is InChI=1S/C9H19N2O2/c1-9(2,3)13-8(12)11-7-5-6-10-4/h5-7H2,1-4H3,(H,11,12)/q-1. The lowest BCUT2D eigenvalue weighted by atomic mass is 10.2. The zero-order valence-corrected chi connectivity index (χ0v) is 8.89. The van der Waals surface area contributed by atoms with Gasteiger partial charge in [-0.2, -0.15) is 7.05 Å². The molecule has 4 heteroatoms. The van der Waals surface area contributed by atoms with Crippen LogP contribution in [-0.4, -0.2) is 31.8 Å². The van der Waals surface area contributed by atoms with E-state index in [1.54, 1.807) is 7.05 Å². The fourth-order valence-electron chi connectivity index (χ4n) is 0.742. The highest BCUT2D eigenvalue weighted by molar-refractivity contribution is 5.67. The highest BCUT2D eigenvalue weighted by Gasteiger charge is 2.14. The molecule has 1 amide bonds. The number of hydrogen-bond donors (Lipinski definition) is 1. The third-order valence-corrected chi connectivity index (χ3v) is 1.23. The summed E-state index contributed by atoms with van der Waals surface area (Å²) >= 11 is 0. The molecule has 0 aliphatic heterocycles. The van der Waals surface area contributed by atoms with Gasteiger partial charge in [0, 0.05) is 6.54 Å². The van der Waals surface area contributed by atoms with Crippen LogP contribution in [0.5, 0.6) is 0 Å². The summed E-state index contributed by atoms with van der Waals surface area (Å²) in [5.41, 5.74) is -0.417. The number of alkyl carbamates (subject to hydrolysis) is 1. The topological polar surface area (TPSA) is 52.4 Å². The molecule has 0 spiro atoms. The summed E-state index contributed by atoms with van der Waals surface area (Å²) in [7, 11) is 1.76. The third kappa shape index (κ3) is 9.14. The van der Waals surface area contributed by atoms with E-state index in [0.717, 1.165) is 13.0 Å². The minimum atomic E-state index is -0.417. The summed E-state index contributed by atoms with van der Waals surface area (Å²) in [6.45, 7) is 6.91. The number of carbonyl (C=O) groups is 1. The van der Waals surface area contributed by atoms with E-state index < -0.39 is 5.60 Å². The fourth-order valence-corrected chi connectivity index (χ4v) is 0.742. The number of ether oxygens (including phenoxy) is 1. The van der Waals surface area contributed by atoms with Crippen LogP contribution in [-0.2, 0) is 4.74 Å². The largest absolute Gasteiger partial charge is 0.665 e. The molecule has 0 heterocycles. The molecule has 0 aliphatic carbocycles. The molecule has 0 rings (SSSR count). The summed E-state index contributed by atoms with van der Waals surface area (Å²) in [5, 5.41) is 6.57. The molecule has 0 saturated carbocycles. The summed E-state index contributed by atoms with van der Waals surface area (Å²) in [5.74, 6) is 0. The highest BCUT2D eigenvalue weighted by atomic mass is 16.6. The molecule has 4 nitrogen and oxygen atoms in total. The van der Waals surface area contributed by atoms with Crippen LogP contribution in [0.4, 0.5) is 4.79 Å². The Morgan fingerprint density at radius 2 is 2.08 bits per heavy atom. The molecule has 0 bridgehead atoms. The van der Waals surface area contributed by atoms with Crippen molar-refractivity contribution in [2.75, 3.05) is 20.1 Å². The van der Waals surface area contributed by atoms with Crippen LogP contribution in [0.2, 0.25) is 0 Å². The Bertz CT molecular complexity index is 152. The van der Waals surface area contributed by atoms with Crippen molar-refractivity contribution in [3.05, 3.63) is 5.32 Å². The van der Waals surface area contributed by atoms with Gasteiger partial charge in [-0.05, 0) is 20.8 Å². The van der Waals surface area contributed by atoms with Gasteiger partial charge in [-0.3, -0.25) is 0 Å². The van der Waals surface area contributed by atoms with Gasteiger partial charge < -0.3 is 15.4 Å². The number of carbonyl (C=O) groups excluding carboxylic acids is 1. The van der Waals surface area contributed by atoms with Crippen LogP contribution in [0, 0.1) is 0 Å². The van der Waals surface area contributed by atoms with Crippen molar-refractivity contribution in [1.82, 2.24) is 5.32 Å². The summed E-state index contributed by atoms with van der Waals surface area (Å²) in [6.07, 6.45) is 0.499. The normalized spacial score (nSPS) is 11.1. The second-order valence-electron chi connectivity index (χ2n) is 3.82. The van der Waals surface area contributed by atoms with E-state index in [-0.39, 0.29) is 6.09 Å². The maximum atomic E-state index is 11.1. The molecule has 13 heavy (non-hydrogen) atoms. The molecule has 78 valence electrons. The maximum Gasteiger partial charge on any atom is 0.407 e. The predicted molar refractivity (Wildman–Crippen MR) is 53.0 cm³/mol. The molecule has 0 radical (unpaired) electrons. The molecule has 1 N–H and O–H groups in total. The molecule has 0 saturated heterocycles. The van der Waals surface area contributed by atoms with E-state index in [4.69, 9.17) is 4.74 Å². The second kappa shape index (κ2) is 5.80. The molecule has 0 aromatic rings. The number of nitrogens with one attached hydrogen (secondary N) is 1. The van der Waals surface area contributed by atoms with Crippen LogP contribution in [0.15, 0.2) is 0 Å². The van der Waals surface area contributed by atoms with Crippen molar-refractivity contribution in [2.24, 2.45) is 0 Å². The van der Waals surface area contributed by atoms with Gasteiger partial charge in [-0.15, -0.1) is 6.54 Å². The Hall–Kier alpha value is -0.770. The first-order chi connectivity index (χ1) is 5.95. The van der Waals surface area contributed by atoms with Crippen molar-refractivity contribution in [1.29, 1.82) is 0 Å². The van der Waals surface area contributed by atoms with Gasteiger partial charge in [0.05, 0.1) is 0 Å². The molecule has 0 atom stereocenters. The first-order valence-corrected chi connectivity index (χ1v) is 4.48. The lowest BCUT2D eigenvalue weighted by molar-refractivity contribution is 0.0528. The lowest BCUT2D eigenvalue weighted by Gasteiger charge is -2.20. The maximum absolute atomic E-state index is 11.1. The van der Waals surface area contributed by atoms with Crippen molar-refractivity contribution in [3.8, 4) is 0 Å². The van der Waals surface area contributed by atoms with Gasteiger partial charge in [-0.25, -0.2) is 4.79 Å². The number of hydrogen-bond acceptors (Lipinski definition) is 2. The van der Waals surface area contributed by atoms with Gasteiger partial charge in [0.1, 0.15) is 5.60 Å². The minimum Gasteiger partial charge on any atom is -0.665 e. The highest BCUT2D eigenvalue weighted by Crippen LogP contribution is 2.06. The van der Waals surface area contributed by atoms with Crippen molar-refractivity contribution >= 4 is 6.09 Å². The van der Waals surface area contributed by atoms with Crippen LogP contribution in [0.3, 0.4) is 0 Å². The lowest BCUT2D eigenvalue weighted by Crippen LogP contribution is -2.33. The van der Waals surface area contributed by atoms with Crippen LogP contribution in [0.1, 0.15) is 27.2 Å². The summed E-state index contributed by atoms with van der Waals surface area (Å²) in [6, 6.07) is 0. The van der Waals surface area contributed by atoms with Gasteiger partial charge in [0.2, 0.25) is 0 Å². The quantitative estimate of drug-likeness (QED) is 0.683. The average Bonchev–Trinajstić information content (AvgIpc) is 1.94. The molecular formula is C9H19N2O2-. The Labute approximate surface area is 80.0 Å². The zero-order chi connectivity index (χ0) is 10.3. The van der Waals surface area contributed by atoms with Crippen molar-refractivity contribution < 1.29 is 9.53 Å². The number of amides is 1. The van der Waals surface area contributed by atoms with E-state index >= 15 is 0 Å². The molecule has 0 unspecified atom stereocenters. The van der Waals surface area contributed by atoms with Crippen molar-refractivity contribution in [2.45, 2.75) is 32.8 Å². The van der Waals surface area contributed by atoms with E-state index in [1.807, 2.05) is 20.8 Å². The average molecular weight is 187 g/mol. The van der Waals surface area contributed by atoms with Crippen LogP contribution >= 0.6 is 0 Å². The molecule has 0 aromatic carbocycles. The van der Waals surface area contributed by atoms with Crippen molar-refractivity contribution in [3.63, 3.8) is 0 Å². The smallest absolute Gasteiger partial charge is 0.407 e. The SMILES string of the molecule is C[N-]CCCNC(=O)OC(C)(C)C. The Balaban J connectivity index is 3.41. The van der Waals surface area contributed by atoms with E-state index in [9.17, 15) is 4.79 Å². The first kappa shape index (κ1) is 12.2. The Kier molecular flexibility index (Phi) is 5.46. The number of nitrogens with zero attached hydrogens (tertiary/aromatic N) is 1. The van der Waals surface area contributed by atoms with Crippen LogP contribution < -0.4 is 5.32 Å². The van der Waals surface area contributed by atoms with E-state index in [2.05, 4.69) is 10.6 Å². The Morgan fingerprint density at radius 3 is 2.54 bits per heavy atom. The first-order valence-electron chi connectivity index (χ1n) is 4.48. The second-order valence-corrected chi connectivity index (χ2v) is 3.82. The molecule has 0 aromatic heterocycles. The molecule has 0 aliphatic rings. The van der Waals surface area contributed by atoms with E-state index in [1.165, 1.54) is 0 Å². The summed E-state index contributed by atoms with van der Waals surface area (Å²) < 4.78 is 5.04. The third-order valence-electron chi connectivity index (χ3n) is 1.23. The van der Waals surface area contributed by atoms with Crippen LogP contribution in [0.25, 0.3) is 5.32 Å². The van der Waals surface area contributed by atoms with Gasteiger partial charge in [0.15, 0.2) is 0 Å².